The highest BCUT2D eigenvalue weighted by Crippen LogP contribution is 2.35. The number of nitrogens with zero attached hydrogens (tertiary/aromatic N) is 3. The molecule has 1 aliphatic heterocycles. The van der Waals surface area contributed by atoms with Crippen molar-refractivity contribution in [1.29, 1.82) is 0 Å². The number of imidazole rings is 1. The fourth-order valence-electron chi connectivity index (χ4n) is 3.47. The lowest BCUT2D eigenvalue weighted by atomic mass is 9.73. The lowest BCUT2D eigenvalue weighted by Crippen LogP contribution is -2.57. The molecule has 0 bridgehead atoms. The number of carboxylic acid groups (broad SMARTS) is 1. The number of rotatable bonds is 5. The van der Waals surface area contributed by atoms with Crippen molar-refractivity contribution in [3.05, 3.63) is 53.9 Å². The standard InChI is InChI=1S/C18H22FN3O3/c1-21-9-7-20-16(21)11-22-8-6-15(23)18(12-22,17(24)25)10-13-2-4-14(19)5-3-13/h2-5,7,9,15,23H,6,8,10-12H2,1H3,(H,24,25)/t15-,18-/m1/s1. The minimum atomic E-state index is -1.32. The number of hydrogen-bond acceptors (Lipinski definition) is 4. The predicted octanol–water partition coefficient (Wildman–Crippen LogP) is 1.44. The molecule has 1 aliphatic rings. The summed E-state index contributed by atoms with van der Waals surface area (Å²) in [7, 11) is 1.89. The summed E-state index contributed by atoms with van der Waals surface area (Å²) in [6, 6.07) is 5.77. The largest absolute Gasteiger partial charge is 0.481 e. The van der Waals surface area contributed by atoms with Crippen LogP contribution in [0.25, 0.3) is 0 Å². The first-order valence-electron chi connectivity index (χ1n) is 8.25. The van der Waals surface area contributed by atoms with Crippen molar-refractivity contribution in [2.75, 3.05) is 13.1 Å². The molecule has 0 spiro atoms. The smallest absolute Gasteiger partial charge is 0.313 e. The van der Waals surface area contributed by atoms with Crippen LogP contribution in [0, 0.1) is 11.2 Å². The van der Waals surface area contributed by atoms with Gasteiger partial charge in [0.2, 0.25) is 0 Å². The number of likely N-dealkylation sites (tertiary alicyclic amines) is 1. The minimum absolute atomic E-state index is 0.154. The summed E-state index contributed by atoms with van der Waals surface area (Å²) >= 11 is 0. The predicted molar refractivity (Wildman–Crippen MR) is 89.3 cm³/mol. The Hall–Kier alpha value is -2.25. The van der Waals surface area contributed by atoms with Gasteiger partial charge in [0, 0.05) is 32.5 Å². The van der Waals surface area contributed by atoms with E-state index in [1.54, 1.807) is 18.3 Å². The van der Waals surface area contributed by atoms with Gasteiger partial charge in [-0.25, -0.2) is 9.37 Å². The third kappa shape index (κ3) is 3.57. The number of aryl methyl sites for hydroxylation is 1. The third-order valence-corrected chi connectivity index (χ3v) is 5.01. The van der Waals surface area contributed by atoms with E-state index < -0.39 is 17.5 Å². The van der Waals surface area contributed by atoms with Crippen LogP contribution in [0.5, 0.6) is 0 Å². The molecule has 1 saturated heterocycles. The van der Waals surface area contributed by atoms with Gasteiger partial charge in [-0.05, 0) is 30.5 Å². The van der Waals surface area contributed by atoms with Crippen LogP contribution in [0.1, 0.15) is 17.8 Å². The molecule has 6 nitrogen and oxygen atoms in total. The topological polar surface area (TPSA) is 78.6 Å². The zero-order valence-corrected chi connectivity index (χ0v) is 14.1. The van der Waals surface area contributed by atoms with Gasteiger partial charge >= 0.3 is 5.97 Å². The Balaban J connectivity index is 1.83. The Kier molecular flexibility index (Phi) is 4.87. The van der Waals surface area contributed by atoms with Crippen LogP contribution in [-0.2, 0) is 24.8 Å². The summed E-state index contributed by atoms with van der Waals surface area (Å²) < 4.78 is 15.0. The molecule has 0 saturated carbocycles. The summed E-state index contributed by atoms with van der Waals surface area (Å²) in [5.74, 6) is -0.556. The van der Waals surface area contributed by atoms with E-state index in [2.05, 4.69) is 4.98 Å². The van der Waals surface area contributed by atoms with Gasteiger partial charge in [-0.2, -0.15) is 0 Å². The molecular weight excluding hydrogens is 325 g/mol. The number of hydrogen-bond donors (Lipinski definition) is 2. The zero-order chi connectivity index (χ0) is 18.0. The quantitative estimate of drug-likeness (QED) is 0.856. The van der Waals surface area contributed by atoms with E-state index in [0.717, 1.165) is 5.82 Å². The van der Waals surface area contributed by atoms with Crippen molar-refractivity contribution < 1.29 is 19.4 Å². The van der Waals surface area contributed by atoms with Gasteiger partial charge in [-0.1, -0.05) is 12.1 Å². The number of aliphatic hydroxyl groups is 1. The maximum atomic E-state index is 13.1. The molecule has 2 aromatic rings. The van der Waals surface area contributed by atoms with Crippen molar-refractivity contribution in [3.8, 4) is 0 Å². The molecule has 134 valence electrons. The summed E-state index contributed by atoms with van der Waals surface area (Å²) in [6.45, 7) is 1.34. The molecular formula is C18H22FN3O3. The first kappa shape index (κ1) is 17.6. The molecule has 2 N–H and O–H groups in total. The Labute approximate surface area is 145 Å². The van der Waals surface area contributed by atoms with E-state index in [1.165, 1.54) is 12.1 Å². The Morgan fingerprint density at radius 3 is 2.72 bits per heavy atom. The molecule has 3 rings (SSSR count). The van der Waals surface area contributed by atoms with Gasteiger partial charge in [0.15, 0.2) is 0 Å². The highest BCUT2D eigenvalue weighted by molar-refractivity contribution is 5.76. The molecule has 1 fully saturated rings. The maximum absolute atomic E-state index is 13.1. The molecule has 1 aromatic heterocycles. The van der Waals surface area contributed by atoms with E-state index in [1.807, 2.05) is 22.7 Å². The number of carboxylic acids is 1. The van der Waals surface area contributed by atoms with Gasteiger partial charge in [0.05, 0.1) is 12.6 Å². The highest BCUT2D eigenvalue weighted by atomic mass is 19.1. The number of halogens is 1. The Morgan fingerprint density at radius 1 is 1.40 bits per heavy atom. The molecule has 0 radical (unpaired) electrons. The normalized spacial score (nSPS) is 24.4. The summed E-state index contributed by atoms with van der Waals surface area (Å²) in [6.07, 6.45) is 3.13. The van der Waals surface area contributed by atoms with E-state index in [-0.39, 0.29) is 18.8 Å². The Morgan fingerprint density at radius 2 is 2.12 bits per heavy atom. The molecule has 2 heterocycles. The van der Waals surface area contributed by atoms with Crippen LogP contribution in [0.2, 0.25) is 0 Å². The second kappa shape index (κ2) is 6.93. The molecule has 0 aliphatic carbocycles. The van der Waals surface area contributed by atoms with Crippen LogP contribution in [0.3, 0.4) is 0 Å². The van der Waals surface area contributed by atoms with E-state index in [9.17, 15) is 19.4 Å². The minimum Gasteiger partial charge on any atom is -0.481 e. The van der Waals surface area contributed by atoms with Gasteiger partial charge in [-0.3, -0.25) is 9.69 Å². The van der Waals surface area contributed by atoms with Crippen molar-refractivity contribution in [3.63, 3.8) is 0 Å². The lowest BCUT2D eigenvalue weighted by molar-refractivity contribution is -0.163. The van der Waals surface area contributed by atoms with Gasteiger partial charge in [-0.15, -0.1) is 0 Å². The molecule has 2 atom stereocenters. The number of carbonyl (C=O) groups is 1. The third-order valence-electron chi connectivity index (χ3n) is 5.01. The molecule has 0 amide bonds. The lowest BCUT2D eigenvalue weighted by Gasteiger charge is -2.43. The SMILES string of the molecule is Cn1ccnc1CN1CC[C@@H](O)[C@](Cc2ccc(F)cc2)(C(=O)O)C1. The second-order valence-electron chi connectivity index (χ2n) is 6.73. The van der Waals surface area contributed by atoms with Gasteiger partial charge < -0.3 is 14.8 Å². The zero-order valence-electron chi connectivity index (χ0n) is 14.1. The van der Waals surface area contributed by atoms with Crippen molar-refractivity contribution in [2.24, 2.45) is 12.5 Å². The second-order valence-corrected chi connectivity index (χ2v) is 6.73. The number of aliphatic carboxylic acids is 1. The summed E-state index contributed by atoms with van der Waals surface area (Å²) in [4.78, 5) is 18.4. The van der Waals surface area contributed by atoms with E-state index in [0.29, 0.717) is 25.1 Å². The number of benzene rings is 1. The number of aliphatic hydroxyl groups excluding tert-OH is 1. The van der Waals surface area contributed by atoms with Crippen molar-refractivity contribution in [1.82, 2.24) is 14.5 Å². The first-order chi connectivity index (χ1) is 11.9. The number of aromatic nitrogens is 2. The molecule has 25 heavy (non-hydrogen) atoms. The molecule has 0 unspecified atom stereocenters. The Bertz CT molecular complexity index is 746. The van der Waals surface area contributed by atoms with Crippen LogP contribution in [0.15, 0.2) is 36.7 Å². The average Bonchev–Trinajstić information content (AvgIpc) is 2.97. The maximum Gasteiger partial charge on any atom is 0.313 e. The van der Waals surface area contributed by atoms with Crippen LogP contribution < -0.4 is 0 Å². The van der Waals surface area contributed by atoms with Gasteiger partial charge in [0.25, 0.3) is 0 Å². The summed E-state index contributed by atoms with van der Waals surface area (Å²) in [5, 5.41) is 20.4. The van der Waals surface area contributed by atoms with Gasteiger partial charge in [0.1, 0.15) is 17.1 Å². The van der Waals surface area contributed by atoms with E-state index in [4.69, 9.17) is 0 Å². The van der Waals surface area contributed by atoms with Crippen LogP contribution >= 0.6 is 0 Å². The first-order valence-corrected chi connectivity index (χ1v) is 8.25. The molecule has 7 heteroatoms. The highest BCUT2D eigenvalue weighted by Gasteiger charge is 2.49. The summed E-state index contributed by atoms with van der Waals surface area (Å²) in [5.41, 5.74) is -0.622. The van der Waals surface area contributed by atoms with Crippen molar-refractivity contribution in [2.45, 2.75) is 25.5 Å². The molecule has 1 aromatic carbocycles. The fraction of sp³-hybridized carbons (Fsp3) is 0.444. The van der Waals surface area contributed by atoms with Crippen LogP contribution in [-0.4, -0.2) is 49.8 Å². The van der Waals surface area contributed by atoms with E-state index >= 15 is 0 Å². The van der Waals surface area contributed by atoms with Crippen molar-refractivity contribution >= 4 is 5.97 Å². The number of piperidine rings is 1. The average molecular weight is 347 g/mol. The van der Waals surface area contributed by atoms with Crippen LogP contribution in [0.4, 0.5) is 4.39 Å². The fourth-order valence-corrected chi connectivity index (χ4v) is 3.47. The monoisotopic (exact) mass is 347 g/mol.